The van der Waals surface area contributed by atoms with Crippen LogP contribution in [0, 0.1) is 5.92 Å². The molecule has 1 aromatic carbocycles. The second-order valence-electron chi connectivity index (χ2n) is 3.21. The zero-order chi connectivity index (χ0) is 12.3. The van der Waals surface area contributed by atoms with Crippen LogP contribution in [0.15, 0.2) is 18.2 Å². The molecule has 0 spiro atoms. The first kappa shape index (κ1) is 12.8. The van der Waals surface area contributed by atoms with Gasteiger partial charge in [-0.15, -0.1) is 0 Å². The highest BCUT2D eigenvalue weighted by Gasteiger charge is 2.26. The first-order valence-electron chi connectivity index (χ1n) is 4.30. The Labute approximate surface area is 101 Å². The summed E-state index contributed by atoms with van der Waals surface area (Å²) in [7, 11) is 0. The molecule has 0 bridgehead atoms. The van der Waals surface area contributed by atoms with Gasteiger partial charge in [0.15, 0.2) is 5.92 Å². The van der Waals surface area contributed by atoms with E-state index in [0.717, 1.165) is 0 Å². The van der Waals surface area contributed by atoms with Gasteiger partial charge < -0.3 is 10.2 Å². The molecule has 0 saturated carbocycles. The molecule has 0 atom stereocenters. The Morgan fingerprint density at radius 3 is 1.88 bits per heavy atom. The van der Waals surface area contributed by atoms with Crippen LogP contribution in [0.3, 0.4) is 0 Å². The molecule has 0 aliphatic heterocycles. The highest BCUT2D eigenvalue weighted by Crippen LogP contribution is 2.21. The fourth-order valence-corrected chi connectivity index (χ4v) is 1.82. The third kappa shape index (κ3) is 3.40. The SMILES string of the molecule is O=C(O)C(Cc1cc(Cl)cc(Cl)c1)C(=O)O. The lowest BCUT2D eigenvalue weighted by Gasteiger charge is -2.08. The van der Waals surface area contributed by atoms with Crippen molar-refractivity contribution in [2.24, 2.45) is 5.92 Å². The van der Waals surface area contributed by atoms with E-state index in [1.54, 1.807) is 0 Å². The zero-order valence-electron chi connectivity index (χ0n) is 7.98. The summed E-state index contributed by atoms with van der Waals surface area (Å²) in [5.41, 5.74) is 0.479. The predicted molar refractivity (Wildman–Crippen MR) is 58.9 cm³/mol. The van der Waals surface area contributed by atoms with Gasteiger partial charge in [-0.2, -0.15) is 0 Å². The van der Waals surface area contributed by atoms with E-state index in [-0.39, 0.29) is 6.42 Å². The Morgan fingerprint density at radius 1 is 1.06 bits per heavy atom. The summed E-state index contributed by atoms with van der Waals surface area (Å²) in [6, 6.07) is 4.47. The molecule has 0 fully saturated rings. The van der Waals surface area contributed by atoms with Gasteiger partial charge in [-0.1, -0.05) is 23.2 Å². The molecule has 0 saturated heterocycles. The molecular formula is C10H8Cl2O4. The van der Waals surface area contributed by atoms with Gasteiger partial charge in [0.2, 0.25) is 0 Å². The zero-order valence-corrected chi connectivity index (χ0v) is 9.50. The minimum absolute atomic E-state index is 0.148. The Kier molecular flexibility index (Phi) is 4.15. The van der Waals surface area contributed by atoms with E-state index in [1.807, 2.05) is 0 Å². The minimum atomic E-state index is -1.49. The van der Waals surface area contributed by atoms with E-state index in [4.69, 9.17) is 33.4 Å². The predicted octanol–water partition coefficient (Wildman–Crippen LogP) is 2.32. The fraction of sp³-hybridized carbons (Fsp3) is 0.200. The average molecular weight is 263 g/mol. The second kappa shape index (κ2) is 5.18. The van der Waals surface area contributed by atoms with Crippen LogP contribution in [-0.4, -0.2) is 22.2 Å². The third-order valence-electron chi connectivity index (χ3n) is 1.96. The van der Waals surface area contributed by atoms with Crippen LogP contribution in [0.1, 0.15) is 5.56 Å². The lowest BCUT2D eigenvalue weighted by atomic mass is 10.00. The number of benzene rings is 1. The number of halogens is 2. The minimum Gasteiger partial charge on any atom is -0.481 e. The smallest absolute Gasteiger partial charge is 0.318 e. The van der Waals surface area contributed by atoms with Gasteiger partial charge in [-0.25, -0.2) is 0 Å². The van der Waals surface area contributed by atoms with Crippen molar-refractivity contribution in [1.29, 1.82) is 0 Å². The number of hydrogen-bond donors (Lipinski definition) is 2. The summed E-state index contributed by atoms with van der Waals surface area (Å²) in [4.78, 5) is 21.3. The second-order valence-corrected chi connectivity index (χ2v) is 4.08. The molecule has 0 aromatic heterocycles. The van der Waals surface area contributed by atoms with Crippen LogP contribution in [-0.2, 0) is 16.0 Å². The first-order valence-corrected chi connectivity index (χ1v) is 5.06. The Balaban J connectivity index is 2.93. The van der Waals surface area contributed by atoms with Gasteiger partial charge in [-0.05, 0) is 30.2 Å². The van der Waals surface area contributed by atoms with Crippen molar-refractivity contribution in [3.05, 3.63) is 33.8 Å². The van der Waals surface area contributed by atoms with Crippen molar-refractivity contribution in [3.8, 4) is 0 Å². The summed E-state index contributed by atoms with van der Waals surface area (Å²) in [5.74, 6) is -4.26. The molecule has 86 valence electrons. The monoisotopic (exact) mass is 262 g/mol. The van der Waals surface area contributed by atoms with E-state index < -0.39 is 17.9 Å². The Morgan fingerprint density at radius 2 is 1.50 bits per heavy atom. The molecule has 0 amide bonds. The van der Waals surface area contributed by atoms with Crippen molar-refractivity contribution < 1.29 is 19.8 Å². The van der Waals surface area contributed by atoms with Gasteiger partial charge in [-0.3, -0.25) is 9.59 Å². The maximum atomic E-state index is 10.7. The van der Waals surface area contributed by atoms with Crippen molar-refractivity contribution >= 4 is 35.1 Å². The van der Waals surface area contributed by atoms with Crippen LogP contribution in [0.4, 0.5) is 0 Å². The molecule has 4 nitrogen and oxygen atoms in total. The summed E-state index contributed by atoms with van der Waals surface area (Å²) in [6.45, 7) is 0. The molecule has 0 heterocycles. The summed E-state index contributed by atoms with van der Waals surface area (Å²) in [6.07, 6.45) is -0.148. The third-order valence-corrected chi connectivity index (χ3v) is 2.39. The first-order chi connectivity index (χ1) is 7.40. The highest BCUT2D eigenvalue weighted by atomic mass is 35.5. The van der Waals surface area contributed by atoms with Crippen molar-refractivity contribution in [3.63, 3.8) is 0 Å². The average Bonchev–Trinajstić information content (AvgIpc) is 2.11. The molecule has 6 heteroatoms. The van der Waals surface area contributed by atoms with Crippen LogP contribution >= 0.6 is 23.2 Å². The van der Waals surface area contributed by atoms with Crippen LogP contribution in [0.5, 0.6) is 0 Å². The quantitative estimate of drug-likeness (QED) is 0.817. The normalized spacial score (nSPS) is 10.4. The lowest BCUT2D eigenvalue weighted by Crippen LogP contribution is -2.25. The molecule has 16 heavy (non-hydrogen) atoms. The maximum Gasteiger partial charge on any atom is 0.318 e. The van der Waals surface area contributed by atoms with Gasteiger partial charge in [0.05, 0.1) is 0 Å². The van der Waals surface area contributed by atoms with E-state index >= 15 is 0 Å². The van der Waals surface area contributed by atoms with E-state index in [9.17, 15) is 9.59 Å². The fourth-order valence-electron chi connectivity index (χ4n) is 1.24. The summed E-state index contributed by atoms with van der Waals surface area (Å²) >= 11 is 11.4. The standard InChI is InChI=1S/C10H8Cl2O4/c11-6-1-5(2-7(12)4-6)3-8(9(13)14)10(15)16/h1-2,4,8H,3H2,(H,13,14)(H,15,16). The number of aliphatic carboxylic acids is 2. The van der Waals surface area contributed by atoms with E-state index in [2.05, 4.69) is 0 Å². The van der Waals surface area contributed by atoms with E-state index in [0.29, 0.717) is 15.6 Å². The van der Waals surface area contributed by atoms with Crippen molar-refractivity contribution in [2.45, 2.75) is 6.42 Å². The molecule has 0 aliphatic carbocycles. The molecule has 1 aromatic rings. The van der Waals surface area contributed by atoms with Crippen LogP contribution in [0.25, 0.3) is 0 Å². The Bertz CT molecular complexity index is 397. The topological polar surface area (TPSA) is 74.6 Å². The Hall–Kier alpha value is -1.26. The van der Waals surface area contributed by atoms with Gasteiger partial charge >= 0.3 is 11.9 Å². The van der Waals surface area contributed by atoms with Crippen molar-refractivity contribution in [2.75, 3.05) is 0 Å². The molecule has 1 rings (SSSR count). The van der Waals surface area contributed by atoms with Crippen molar-refractivity contribution in [1.82, 2.24) is 0 Å². The molecular weight excluding hydrogens is 255 g/mol. The number of carboxylic acid groups (broad SMARTS) is 2. The van der Waals surface area contributed by atoms with Gasteiger partial charge in [0.25, 0.3) is 0 Å². The number of hydrogen-bond acceptors (Lipinski definition) is 2. The largest absolute Gasteiger partial charge is 0.481 e. The van der Waals surface area contributed by atoms with Gasteiger partial charge in [0, 0.05) is 10.0 Å². The summed E-state index contributed by atoms with van der Waals surface area (Å²) < 4.78 is 0. The molecule has 0 unspecified atom stereocenters. The number of carboxylic acids is 2. The van der Waals surface area contributed by atoms with Gasteiger partial charge in [0.1, 0.15) is 0 Å². The highest BCUT2D eigenvalue weighted by molar-refractivity contribution is 6.34. The number of rotatable bonds is 4. The van der Waals surface area contributed by atoms with Crippen LogP contribution < -0.4 is 0 Å². The molecule has 0 aliphatic rings. The number of carbonyl (C=O) groups is 2. The lowest BCUT2D eigenvalue weighted by molar-refractivity contribution is -0.154. The van der Waals surface area contributed by atoms with E-state index in [1.165, 1.54) is 18.2 Å². The molecule has 0 radical (unpaired) electrons. The maximum absolute atomic E-state index is 10.7. The van der Waals surface area contributed by atoms with Crippen LogP contribution in [0.2, 0.25) is 10.0 Å². The molecule has 2 N–H and O–H groups in total. The summed E-state index contributed by atoms with van der Waals surface area (Å²) in [5, 5.41) is 18.1.